The van der Waals surface area contributed by atoms with Gasteiger partial charge in [-0.25, -0.2) is 9.67 Å². The Morgan fingerprint density at radius 2 is 2.05 bits per heavy atom. The molecule has 0 aliphatic carbocycles. The van der Waals surface area contributed by atoms with Crippen LogP contribution < -0.4 is 4.74 Å². The number of hydrogen-bond donors (Lipinski definition) is 0. The van der Waals surface area contributed by atoms with E-state index >= 15 is 0 Å². The maximum absolute atomic E-state index is 13.7. The lowest BCUT2D eigenvalue weighted by molar-refractivity contribution is 0.341. The summed E-state index contributed by atoms with van der Waals surface area (Å²) < 4.78 is 20.6. The third-order valence-electron chi connectivity index (χ3n) is 2.94. The minimum absolute atomic E-state index is 0.255. The van der Waals surface area contributed by atoms with Gasteiger partial charge in [0.2, 0.25) is 5.95 Å². The van der Waals surface area contributed by atoms with Crippen LogP contribution in [0, 0.1) is 5.95 Å². The average molecular weight is 284 g/mol. The first-order valence-corrected chi connectivity index (χ1v) is 6.55. The fraction of sp³-hybridized carbons (Fsp3) is 0.133. The summed E-state index contributed by atoms with van der Waals surface area (Å²) in [5.41, 5.74) is 1.68. The van der Waals surface area contributed by atoms with E-state index in [1.54, 1.807) is 18.3 Å². The molecule has 3 aromatic rings. The Hall–Kier alpha value is -2.76. The fourth-order valence-corrected chi connectivity index (χ4v) is 2.01. The second-order valence-corrected chi connectivity index (χ2v) is 4.29. The standard InChI is InChI=1S/C15H13FN4O/c1-2-21-14-8-4-3-6-11(14)12-10-20(19-18-12)13-7-5-9-17-15(13)16/h3-10H,2H2,1H3. The van der Waals surface area contributed by atoms with Crippen molar-refractivity contribution in [1.82, 2.24) is 20.0 Å². The lowest BCUT2D eigenvalue weighted by Crippen LogP contribution is -1.99. The second-order valence-electron chi connectivity index (χ2n) is 4.29. The van der Waals surface area contributed by atoms with Gasteiger partial charge in [-0.15, -0.1) is 5.10 Å². The van der Waals surface area contributed by atoms with Gasteiger partial charge in [-0.2, -0.15) is 4.39 Å². The summed E-state index contributed by atoms with van der Waals surface area (Å²) in [7, 11) is 0. The Labute approximate surface area is 121 Å². The lowest BCUT2D eigenvalue weighted by Gasteiger charge is -2.06. The summed E-state index contributed by atoms with van der Waals surface area (Å²) in [6.07, 6.45) is 3.04. The highest BCUT2D eigenvalue weighted by Crippen LogP contribution is 2.28. The van der Waals surface area contributed by atoms with E-state index in [0.29, 0.717) is 12.3 Å². The van der Waals surface area contributed by atoms with E-state index in [4.69, 9.17) is 4.74 Å². The van der Waals surface area contributed by atoms with Crippen LogP contribution in [0.3, 0.4) is 0 Å². The minimum atomic E-state index is -0.591. The SMILES string of the molecule is CCOc1ccccc1-c1cn(-c2cccnc2F)nn1. The molecule has 0 bridgehead atoms. The van der Waals surface area contributed by atoms with Gasteiger partial charge in [-0.3, -0.25) is 0 Å². The number of pyridine rings is 1. The Morgan fingerprint density at radius 1 is 1.19 bits per heavy atom. The van der Waals surface area contributed by atoms with Crippen LogP contribution in [0.15, 0.2) is 48.8 Å². The molecule has 0 aliphatic heterocycles. The summed E-state index contributed by atoms with van der Waals surface area (Å²) in [6, 6.07) is 10.8. The second kappa shape index (κ2) is 5.70. The van der Waals surface area contributed by atoms with Crippen molar-refractivity contribution in [3.8, 4) is 22.7 Å². The molecule has 0 atom stereocenters. The Morgan fingerprint density at radius 3 is 2.86 bits per heavy atom. The van der Waals surface area contributed by atoms with E-state index in [9.17, 15) is 4.39 Å². The number of rotatable bonds is 4. The van der Waals surface area contributed by atoms with Gasteiger partial charge in [0.1, 0.15) is 17.1 Å². The summed E-state index contributed by atoms with van der Waals surface area (Å²) >= 11 is 0. The van der Waals surface area contributed by atoms with Crippen LogP contribution in [0.4, 0.5) is 4.39 Å². The van der Waals surface area contributed by atoms with Crippen LogP contribution in [-0.4, -0.2) is 26.6 Å². The molecule has 0 saturated heterocycles. The first-order chi connectivity index (χ1) is 10.3. The summed E-state index contributed by atoms with van der Waals surface area (Å²) in [5, 5.41) is 8.04. The first-order valence-electron chi connectivity index (χ1n) is 6.55. The molecule has 6 heteroatoms. The van der Waals surface area contributed by atoms with Crippen LogP contribution in [0.1, 0.15) is 6.92 Å². The number of para-hydroxylation sites is 1. The monoisotopic (exact) mass is 284 g/mol. The van der Waals surface area contributed by atoms with E-state index in [1.807, 2.05) is 31.2 Å². The molecule has 0 unspecified atom stereocenters. The zero-order valence-corrected chi connectivity index (χ0v) is 11.4. The molecule has 2 heterocycles. The van der Waals surface area contributed by atoms with E-state index in [-0.39, 0.29) is 5.69 Å². The fourth-order valence-electron chi connectivity index (χ4n) is 2.01. The molecule has 0 spiro atoms. The Balaban J connectivity index is 2.01. The summed E-state index contributed by atoms with van der Waals surface area (Å²) in [6.45, 7) is 2.47. The molecule has 0 saturated carbocycles. The molecule has 5 nitrogen and oxygen atoms in total. The van der Waals surface area contributed by atoms with Crippen LogP contribution >= 0.6 is 0 Å². The predicted molar refractivity (Wildman–Crippen MR) is 75.7 cm³/mol. The maximum atomic E-state index is 13.7. The van der Waals surface area contributed by atoms with Crippen molar-refractivity contribution in [1.29, 1.82) is 0 Å². The highest BCUT2D eigenvalue weighted by Gasteiger charge is 2.12. The number of halogens is 1. The van der Waals surface area contributed by atoms with E-state index < -0.39 is 5.95 Å². The highest BCUT2D eigenvalue weighted by atomic mass is 19.1. The number of ether oxygens (including phenoxy) is 1. The van der Waals surface area contributed by atoms with Crippen molar-refractivity contribution in [2.24, 2.45) is 0 Å². The molecule has 1 aromatic carbocycles. The normalized spacial score (nSPS) is 10.6. The van der Waals surface area contributed by atoms with Crippen molar-refractivity contribution < 1.29 is 9.13 Å². The smallest absolute Gasteiger partial charge is 0.238 e. The average Bonchev–Trinajstić information content (AvgIpc) is 2.98. The number of hydrogen-bond acceptors (Lipinski definition) is 4. The van der Waals surface area contributed by atoms with E-state index in [2.05, 4.69) is 15.3 Å². The Kier molecular flexibility index (Phi) is 3.59. The zero-order valence-electron chi connectivity index (χ0n) is 11.4. The summed E-state index contributed by atoms with van der Waals surface area (Å²) in [5.74, 6) is 0.130. The van der Waals surface area contributed by atoms with Gasteiger partial charge in [0, 0.05) is 11.8 Å². The molecule has 3 rings (SSSR count). The van der Waals surface area contributed by atoms with Gasteiger partial charge in [-0.1, -0.05) is 17.3 Å². The molecule has 0 amide bonds. The summed E-state index contributed by atoms with van der Waals surface area (Å²) in [4.78, 5) is 3.60. The molecule has 0 fully saturated rings. The molecule has 2 aromatic heterocycles. The third kappa shape index (κ3) is 2.60. The Bertz CT molecular complexity index is 757. The van der Waals surface area contributed by atoms with Crippen molar-refractivity contribution in [2.45, 2.75) is 6.92 Å². The largest absolute Gasteiger partial charge is 0.493 e. The molecular formula is C15H13FN4O. The van der Waals surface area contributed by atoms with Crippen molar-refractivity contribution >= 4 is 0 Å². The third-order valence-corrected chi connectivity index (χ3v) is 2.94. The van der Waals surface area contributed by atoms with E-state index in [0.717, 1.165) is 11.3 Å². The molecular weight excluding hydrogens is 271 g/mol. The number of nitrogens with zero attached hydrogens (tertiary/aromatic N) is 4. The predicted octanol–water partition coefficient (Wildman–Crippen LogP) is 2.87. The van der Waals surface area contributed by atoms with Crippen LogP contribution in [0.2, 0.25) is 0 Å². The van der Waals surface area contributed by atoms with Crippen LogP contribution in [0.25, 0.3) is 16.9 Å². The molecule has 0 aliphatic rings. The number of benzene rings is 1. The highest BCUT2D eigenvalue weighted by molar-refractivity contribution is 5.66. The van der Waals surface area contributed by atoms with Crippen molar-refractivity contribution in [3.63, 3.8) is 0 Å². The van der Waals surface area contributed by atoms with Gasteiger partial charge >= 0.3 is 0 Å². The topological polar surface area (TPSA) is 52.8 Å². The van der Waals surface area contributed by atoms with Gasteiger partial charge in [-0.05, 0) is 31.2 Å². The van der Waals surface area contributed by atoms with Gasteiger partial charge < -0.3 is 4.74 Å². The van der Waals surface area contributed by atoms with E-state index in [1.165, 1.54) is 10.9 Å². The molecule has 21 heavy (non-hydrogen) atoms. The minimum Gasteiger partial charge on any atom is -0.493 e. The lowest BCUT2D eigenvalue weighted by atomic mass is 10.1. The van der Waals surface area contributed by atoms with Gasteiger partial charge in [0.25, 0.3) is 0 Å². The van der Waals surface area contributed by atoms with Crippen molar-refractivity contribution in [2.75, 3.05) is 6.61 Å². The quantitative estimate of drug-likeness (QED) is 0.691. The maximum Gasteiger partial charge on any atom is 0.238 e. The van der Waals surface area contributed by atoms with Crippen molar-refractivity contribution in [3.05, 3.63) is 54.7 Å². The van der Waals surface area contributed by atoms with Crippen LogP contribution in [-0.2, 0) is 0 Å². The molecule has 106 valence electrons. The molecule has 0 radical (unpaired) electrons. The first kappa shape index (κ1) is 13.2. The zero-order chi connectivity index (χ0) is 14.7. The molecule has 0 N–H and O–H groups in total. The van der Waals surface area contributed by atoms with Crippen LogP contribution in [0.5, 0.6) is 5.75 Å². The number of aromatic nitrogens is 4. The van der Waals surface area contributed by atoms with Gasteiger partial charge in [0.05, 0.1) is 12.8 Å². The van der Waals surface area contributed by atoms with Gasteiger partial charge in [0.15, 0.2) is 0 Å².